The molecule has 1 aliphatic carbocycles. The molecular formula is C17H22N4O. The first kappa shape index (κ1) is 14.8. The molecule has 2 atom stereocenters. The first-order valence-electron chi connectivity index (χ1n) is 7.83. The number of hydrogen-bond acceptors (Lipinski definition) is 3. The lowest BCUT2D eigenvalue weighted by Crippen LogP contribution is -2.29. The zero-order valence-corrected chi connectivity index (χ0v) is 12.6. The van der Waals surface area contributed by atoms with Crippen LogP contribution in [0.1, 0.15) is 24.8 Å². The van der Waals surface area contributed by atoms with E-state index in [1.807, 2.05) is 41.2 Å². The van der Waals surface area contributed by atoms with Gasteiger partial charge in [-0.3, -0.25) is 9.48 Å². The minimum atomic E-state index is 0.0637. The summed E-state index contributed by atoms with van der Waals surface area (Å²) in [5, 5.41) is 7.20. The SMILES string of the molecule is NC[C@H]1CCC[C@H]1C(=O)Nc1ccc(Cn2cccn2)cc1. The Morgan fingerprint density at radius 1 is 1.32 bits per heavy atom. The number of carbonyl (C=O) groups is 1. The number of benzene rings is 1. The molecule has 1 aliphatic rings. The van der Waals surface area contributed by atoms with E-state index in [-0.39, 0.29) is 11.8 Å². The summed E-state index contributed by atoms with van der Waals surface area (Å²) >= 11 is 0. The smallest absolute Gasteiger partial charge is 0.227 e. The summed E-state index contributed by atoms with van der Waals surface area (Å²) in [5.74, 6) is 0.501. The predicted octanol–water partition coefficient (Wildman–Crippen LogP) is 2.24. The lowest BCUT2D eigenvalue weighted by molar-refractivity contribution is -0.120. The van der Waals surface area contributed by atoms with Crippen LogP contribution in [0.15, 0.2) is 42.7 Å². The molecule has 1 aromatic carbocycles. The standard InChI is InChI=1S/C17H22N4O/c18-11-14-3-1-4-16(14)17(22)20-15-7-5-13(6-8-15)12-21-10-2-9-19-21/h2,5-10,14,16H,1,3-4,11-12,18H2,(H,20,22)/t14-,16-/m1/s1. The molecule has 5 heteroatoms. The minimum absolute atomic E-state index is 0.0637. The van der Waals surface area contributed by atoms with Gasteiger partial charge in [0.05, 0.1) is 6.54 Å². The third kappa shape index (κ3) is 3.36. The molecule has 0 spiro atoms. The number of rotatable bonds is 5. The topological polar surface area (TPSA) is 72.9 Å². The molecule has 3 N–H and O–H groups in total. The monoisotopic (exact) mass is 298 g/mol. The summed E-state index contributed by atoms with van der Waals surface area (Å²) in [4.78, 5) is 12.3. The third-order valence-corrected chi connectivity index (χ3v) is 4.42. The maximum Gasteiger partial charge on any atom is 0.227 e. The molecule has 1 saturated carbocycles. The van der Waals surface area contributed by atoms with Gasteiger partial charge in [-0.05, 0) is 49.1 Å². The van der Waals surface area contributed by atoms with Crippen molar-refractivity contribution in [2.75, 3.05) is 11.9 Å². The summed E-state index contributed by atoms with van der Waals surface area (Å²) in [6.45, 7) is 1.33. The predicted molar refractivity (Wildman–Crippen MR) is 86.3 cm³/mol. The summed E-state index contributed by atoms with van der Waals surface area (Å²) in [6, 6.07) is 9.84. The Labute approximate surface area is 130 Å². The molecule has 0 saturated heterocycles. The van der Waals surface area contributed by atoms with Crippen LogP contribution in [-0.4, -0.2) is 22.2 Å². The van der Waals surface area contributed by atoms with Crippen molar-refractivity contribution in [1.82, 2.24) is 9.78 Å². The highest BCUT2D eigenvalue weighted by atomic mass is 16.1. The number of carbonyl (C=O) groups excluding carboxylic acids is 1. The molecule has 2 aromatic rings. The van der Waals surface area contributed by atoms with Crippen LogP contribution in [0.5, 0.6) is 0 Å². The van der Waals surface area contributed by atoms with E-state index in [1.165, 1.54) is 0 Å². The van der Waals surface area contributed by atoms with Crippen molar-refractivity contribution in [3.8, 4) is 0 Å². The van der Waals surface area contributed by atoms with Crippen LogP contribution in [0.25, 0.3) is 0 Å². The van der Waals surface area contributed by atoms with Crippen molar-refractivity contribution in [1.29, 1.82) is 0 Å². The van der Waals surface area contributed by atoms with Crippen molar-refractivity contribution in [2.45, 2.75) is 25.8 Å². The van der Waals surface area contributed by atoms with E-state index < -0.39 is 0 Å². The fourth-order valence-corrected chi connectivity index (χ4v) is 3.17. The Morgan fingerprint density at radius 2 is 2.14 bits per heavy atom. The van der Waals surface area contributed by atoms with Crippen molar-refractivity contribution in [2.24, 2.45) is 17.6 Å². The molecule has 3 rings (SSSR count). The van der Waals surface area contributed by atoms with Gasteiger partial charge in [-0.25, -0.2) is 0 Å². The van der Waals surface area contributed by atoms with E-state index in [0.29, 0.717) is 12.5 Å². The highest BCUT2D eigenvalue weighted by Gasteiger charge is 2.31. The molecule has 0 bridgehead atoms. The van der Waals surface area contributed by atoms with E-state index in [2.05, 4.69) is 10.4 Å². The van der Waals surface area contributed by atoms with Crippen molar-refractivity contribution < 1.29 is 4.79 Å². The van der Waals surface area contributed by atoms with Crippen LogP contribution in [0.4, 0.5) is 5.69 Å². The maximum absolute atomic E-state index is 12.3. The normalized spacial score (nSPS) is 21.0. The highest BCUT2D eigenvalue weighted by molar-refractivity contribution is 5.92. The second kappa shape index (κ2) is 6.75. The van der Waals surface area contributed by atoms with E-state index >= 15 is 0 Å². The molecule has 1 heterocycles. The van der Waals surface area contributed by atoms with Crippen LogP contribution in [-0.2, 0) is 11.3 Å². The summed E-state index contributed by atoms with van der Waals surface area (Å²) in [7, 11) is 0. The van der Waals surface area contributed by atoms with Gasteiger partial charge in [0.15, 0.2) is 0 Å². The summed E-state index contributed by atoms with van der Waals surface area (Å²) in [5.41, 5.74) is 7.75. The van der Waals surface area contributed by atoms with Gasteiger partial charge in [0, 0.05) is 24.0 Å². The average molecular weight is 298 g/mol. The Kier molecular flexibility index (Phi) is 4.53. The minimum Gasteiger partial charge on any atom is -0.330 e. The van der Waals surface area contributed by atoms with Crippen LogP contribution >= 0.6 is 0 Å². The lowest BCUT2D eigenvalue weighted by atomic mass is 9.95. The van der Waals surface area contributed by atoms with E-state index in [9.17, 15) is 4.79 Å². The fraction of sp³-hybridized carbons (Fsp3) is 0.412. The van der Waals surface area contributed by atoms with Crippen LogP contribution < -0.4 is 11.1 Å². The summed E-state index contributed by atoms with van der Waals surface area (Å²) < 4.78 is 1.87. The first-order chi connectivity index (χ1) is 10.8. The van der Waals surface area contributed by atoms with Crippen LogP contribution in [0.3, 0.4) is 0 Å². The molecule has 0 radical (unpaired) electrons. The quantitative estimate of drug-likeness (QED) is 0.889. The molecule has 1 aromatic heterocycles. The van der Waals surface area contributed by atoms with Gasteiger partial charge in [-0.1, -0.05) is 18.6 Å². The molecule has 0 unspecified atom stereocenters. The molecule has 1 amide bonds. The number of anilines is 1. The Morgan fingerprint density at radius 3 is 2.82 bits per heavy atom. The van der Waals surface area contributed by atoms with Crippen LogP contribution in [0.2, 0.25) is 0 Å². The van der Waals surface area contributed by atoms with E-state index in [1.54, 1.807) is 6.20 Å². The Bertz CT molecular complexity index is 606. The zero-order chi connectivity index (χ0) is 15.4. The zero-order valence-electron chi connectivity index (χ0n) is 12.6. The van der Waals surface area contributed by atoms with E-state index in [4.69, 9.17) is 5.73 Å². The maximum atomic E-state index is 12.3. The lowest BCUT2D eigenvalue weighted by Gasteiger charge is -2.17. The highest BCUT2D eigenvalue weighted by Crippen LogP contribution is 2.31. The van der Waals surface area contributed by atoms with Gasteiger partial charge in [0.25, 0.3) is 0 Å². The second-order valence-corrected chi connectivity index (χ2v) is 5.92. The first-order valence-corrected chi connectivity index (χ1v) is 7.83. The van der Waals surface area contributed by atoms with Gasteiger partial charge >= 0.3 is 0 Å². The molecule has 5 nitrogen and oxygen atoms in total. The average Bonchev–Trinajstić information content (AvgIpc) is 3.20. The number of nitrogens with two attached hydrogens (primary N) is 1. The van der Waals surface area contributed by atoms with Gasteiger partial charge in [0.2, 0.25) is 5.91 Å². The second-order valence-electron chi connectivity index (χ2n) is 5.92. The largest absolute Gasteiger partial charge is 0.330 e. The van der Waals surface area contributed by atoms with Crippen molar-refractivity contribution in [3.63, 3.8) is 0 Å². The van der Waals surface area contributed by atoms with E-state index in [0.717, 1.165) is 37.1 Å². The Hall–Kier alpha value is -2.14. The number of aromatic nitrogens is 2. The molecular weight excluding hydrogens is 276 g/mol. The number of nitrogens with one attached hydrogen (secondary N) is 1. The molecule has 0 aliphatic heterocycles. The van der Waals surface area contributed by atoms with Crippen molar-refractivity contribution in [3.05, 3.63) is 48.3 Å². The van der Waals surface area contributed by atoms with Gasteiger partial charge in [-0.2, -0.15) is 5.10 Å². The molecule has 22 heavy (non-hydrogen) atoms. The van der Waals surface area contributed by atoms with Crippen LogP contribution in [0, 0.1) is 11.8 Å². The molecule has 1 fully saturated rings. The van der Waals surface area contributed by atoms with Gasteiger partial charge in [-0.15, -0.1) is 0 Å². The molecule has 116 valence electrons. The number of nitrogens with zero attached hydrogens (tertiary/aromatic N) is 2. The fourth-order valence-electron chi connectivity index (χ4n) is 3.17. The number of hydrogen-bond donors (Lipinski definition) is 2. The summed E-state index contributed by atoms with van der Waals surface area (Å²) in [6.07, 6.45) is 6.82. The number of amides is 1. The Balaban J connectivity index is 1.60. The van der Waals surface area contributed by atoms with Gasteiger partial charge < -0.3 is 11.1 Å². The van der Waals surface area contributed by atoms with Crippen molar-refractivity contribution >= 4 is 11.6 Å². The van der Waals surface area contributed by atoms with Gasteiger partial charge in [0.1, 0.15) is 0 Å². The third-order valence-electron chi connectivity index (χ3n) is 4.42.